The number of rotatable bonds is 5. The summed E-state index contributed by atoms with van der Waals surface area (Å²) in [5.41, 5.74) is 3.59. The van der Waals surface area contributed by atoms with Gasteiger partial charge in [0.1, 0.15) is 6.79 Å². The molecule has 2 aliphatic heterocycles. The van der Waals surface area contributed by atoms with E-state index < -0.39 is 0 Å². The highest BCUT2D eigenvalue weighted by Crippen LogP contribution is 2.44. The molecule has 1 fully saturated rings. The van der Waals surface area contributed by atoms with Crippen molar-refractivity contribution >= 4 is 47.5 Å². The molecule has 2 aliphatic rings. The van der Waals surface area contributed by atoms with Crippen molar-refractivity contribution in [3.05, 3.63) is 81.9 Å². The third kappa shape index (κ3) is 5.16. The lowest BCUT2D eigenvalue weighted by Gasteiger charge is -2.34. The highest BCUT2D eigenvalue weighted by atomic mass is 32.2. The average molecular weight is 467 g/mol. The molecule has 0 amide bonds. The molecule has 0 N–H and O–H groups in total. The molecule has 1 unspecified atom stereocenters. The number of nitrogens with zero attached hydrogens (tertiary/aromatic N) is 2. The minimum Gasteiger partial charge on any atom is -0.463 e. The maximum Gasteiger partial charge on any atom is 0.338 e. The van der Waals surface area contributed by atoms with Crippen molar-refractivity contribution in [1.82, 2.24) is 4.90 Å². The van der Waals surface area contributed by atoms with E-state index in [1.807, 2.05) is 38.8 Å². The lowest BCUT2D eigenvalue weighted by atomic mass is 9.94. The SMILES string of the molecule is C=O.CCOC(=O)C1=C(C)N=C2S/C(=C\c3ccccc3)CN2C1c1ccc(SC)cc1. The van der Waals surface area contributed by atoms with Gasteiger partial charge in [0.25, 0.3) is 0 Å². The first kappa shape index (κ1) is 23.9. The number of hydrogen-bond acceptors (Lipinski definition) is 7. The van der Waals surface area contributed by atoms with Gasteiger partial charge in [-0.25, -0.2) is 9.79 Å². The molecule has 4 rings (SSSR count). The van der Waals surface area contributed by atoms with Crippen molar-refractivity contribution in [2.75, 3.05) is 19.4 Å². The molecule has 0 spiro atoms. The number of allylic oxidation sites excluding steroid dienone is 1. The first-order valence-electron chi connectivity index (χ1n) is 10.2. The minimum absolute atomic E-state index is 0.207. The molecule has 0 bridgehead atoms. The summed E-state index contributed by atoms with van der Waals surface area (Å²) in [6, 6.07) is 18.5. The van der Waals surface area contributed by atoms with E-state index in [9.17, 15) is 4.79 Å². The Labute approximate surface area is 197 Å². The van der Waals surface area contributed by atoms with Crippen molar-refractivity contribution in [2.45, 2.75) is 24.8 Å². The zero-order valence-electron chi connectivity index (χ0n) is 18.4. The quantitative estimate of drug-likeness (QED) is 0.425. The number of aliphatic imine (C=N–C) groups is 1. The van der Waals surface area contributed by atoms with Crippen LogP contribution in [-0.2, 0) is 14.3 Å². The van der Waals surface area contributed by atoms with Crippen molar-refractivity contribution in [2.24, 2.45) is 4.99 Å². The lowest BCUT2D eigenvalue weighted by molar-refractivity contribution is -0.139. The number of amidine groups is 1. The third-order valence-corrected chi connectivity index (χ3v) is 6.85. The summed E-state index contributed by atoms with van der Waals surface area (Å²) in [7, 11) is 0. The molecule has 2 heterocycles. The number of carbonyl (C=O) groups excluding carboxylic acids is 2. The Morgan fingerprint density at radius 3 is 2.53 bits per heavy atom. The Hall–Kier alpha value is -2.77. The van der Waals surface area contributed by atoms with Gasteiger partial charge in [0.15, 0.2) is 5.17 Å². The van der Waals surface area contributed by atoms with Gasteiger partial charge in [0.2, 0.25) is 0 Å². The van der Waals surface area contributed by atoms with Crippen LogP contribution in [0.1, 0.15) is 31.0 Å². The maximum absolute atomic E-state index is 12.9. The fourth-order valence-electron chi connectivity index (χ4n) is 3.70. The van der Waals surface area contributed by atoms with E-state index in [-0.39, 0.29) is 12.0 Å². The summed E-state index contributed by atoms with van der Waals surface area (Å²) in [5.74, 6) is -0.290. The Morgan fingerprint density at radius 2 is 1.91 bits per heavy atom. The normalized spacial score (nSPS) is 18.6. The molecule has 2 aromatic carbocycles. The van der Waals surface area contributed by atoms with Crippen molar-refractivity contribution in [3.63, 3.8) is 0 Å². The van der Waals surface area contributed by atoms with E-state index >= 15 is 0 Å². The van der Waals surface area contributed by atoms with Crippen LogP contribution in [0.25, 0.3) is 6.08 Å². The van der Waals surface area contributed by atoms with Crippen LogP contribution in [0, 0.1) is 0 Å². The average Bonchev–Trinajstić information content (AvgIpc) is 3.22. The Balaban J connectivity index is 0.00000141. The first-order chi connectivity index (χ1) is 15.6. The van der Waals surface area contributed by atoms with Crippen LogP contribution in [0.4, 0.5) is 0 Å². The van der Waals surface area contributed by atoms with Crippen LogP contribution in [0.3, 0.4) is 0 Å². The first-order valence-corrected chi connectivity index (χ1v) is 12.2. The van der Waals surface area contributed by atoms with Gasteiger partial charge in [-0.1, -0.05) is 54.2 Å². The fraction of sp³-hybridized carbons (Fsp3) is 0.240. The number of carbonyl (C=O) groups is 2. The van der Waals surface area contributed by atoms with Crippen LogP contribution in [0.5, 0.6) is 0 Å². The van der Waals surface area contributed by atoms with Gasteiger partial charge < -0.3 is 14.4 Å². The predicted octanol–water partition coefficient (Wildman–Crippen LogP) is 5.56. The lowest BCUT2D eigenvalue weighted by Crippen LogP contribution is -2.36. The maximum atomic E-state index is 12.9. The number of benzene rings is 2. The molecule has 0 aliphatic carbocycles. The molecule has 0 radical (unpaired) electrons. The molecule has 1 saturated heterocycles. The second-order valence-electron chi connectivity index (χ2n) is 7.04. The number of esters is 1. The zero-order chi connectivity index (χ0) is 23.1. The van der Waals surface area contributed by atoms with Crippen LogP contribution < -0.4 is 0 Å². The largest absolute Gasteiger partial charge is 0.463 e. The van der Waals surface area contributed by atoms with Gasteiger partial charge in [-0.2, -0.15) is 0 Å². The number of ether oxygens (including phenoxy) is 1. The van der Waals surface area contributed by atoms with Gasteiger partial charge >= 0.3 is 5.97 Å². The van der Waals surface area contributed by atoms with Gasteiger partial charge in [-0.15, -0.1) is 11.8 Å². The van der Waals surface area contributed by atoms with Crippen LogP contribution in [-0.4, -0.2) is 42.2 Å². The summed E-state index contributed by atoms with van der Waals surface area (Å²) in [5, 5.41) is 0.932. The van der Waals surface area contributed by atoms with Crippen LogP contribution >= 0.6 is 23.5 Å². The fourth-order valence-corrected chi connectivity index (χ4v) is 5.21. The topological polar surface area (TPSA) is 59.0 Å². The molecule has 5 nitrogen and oxygen atoms in total. The van der Waals surface area contributed by atoms with E-state index in [1.165, 1.54) is 9.80 Å². The number of hydrogen-bond donors (Lipinski definition) is 0. The van der Waals surface area contributed by atoms with Crippen molar-refractivity contribution in [3.8, 4) is 0 Å². The van der Waals surface area contributed by atoms with E-state index in [0.29, 0.717) is 18.7 Å². The summed E-state index contributed by atoms with van der Waals surface area (Å²) < 4.78 is 5.40. The summed E-state index contributed by atoms with van der Waals surface area (Å²) in [4.78, 5) is 30.3. The summed E-state index contributed by atoms with van der Waals surface area (Å²) in [6.07, 6.45) is 4.25. The van der Waals surface area contributed by atoms with Gasteiger partial charge in [0, 0.05) is 9.80 Å². The van der Waals surface area contributed by atoms with Gasteiger partial charge in [-0.3, -0.25) is 0 Å². The second kappa shape index (κ2) is 11.2. The minimum atomic E-state index is -0.290. The number of fused-ring (bicyclic) bond motifs is 1. The number of thioether (sulfide) groups is 2. The molecule has 0 aromatic heterocycles. The van der Waals surface area contributed by atoms with Gasteiger partial charge in [-0.05, 0) is 49.4 Å². The Morgan fingerprint density at radius 1 is 1.22 bits per heavy atom. The smallest absolute Gasteiger partial charge is 0.338 e. The van der Waals surface area contributed by atoms with Gasteiger partial charge in [0.05, 0.1) is 30.5 Å². The van der Waals surface area contributed by atoms with E-state index in [0.717, 1.165) is 22.0 Å². The molecule has 2 aromatic rings. The second-order valence-corrected chi connectivity index (χ2v) is 9.01. The molecular weight excluding hydrogens is 440 g/mol. The third-order valence-electron chi connectivity index (χ3n) is 5.09. The predicted molar refractivity (Wildman–Crippen MR) is 134 cm³/mol. The summed E-state index contributed by atoms with van der Waals surface area (Å²) in [6.45, 7) is 6.79. The zero-order valence-corrected chi connectivity index (χ0v) is 20.0. The highest BCUT2D eigenvalue weighted by molar-refractivity contribution is 8.17. The molecule has 7 heteroatoms. The molecular formula is C25H26N2O3S2. The van der Waals surface area contributed by atoms with Crippen LogP contribution in [0.15, 0.2) is 80.7 Å². The molecule has 166 valence electrons. The van der Waals surface area contributed by atoms with Crippen molar-refractivity contribution < 1.29 is 14.3 Å². The van der Waals surface area contributed by atoms with Crippen molar-refractivity contribution in [1.29, 1.82) is 0 Å². The van der Waals surface area contributed by atoms with Crippen LogP contribution in [0.2, 0.25) is 0 Å². The molecule has 0 saturated carbocycles. The Bertz CT molecular complexity index is 1050. The Kier molecular flexibility index (Phi) is 8.36. The summed E-state index contributed by atoms with van der Waals surface area (Å²) >= 11 is 3.38. The highest BCUT2D eigenvalue weighted by Gasteiger charge is 2.40. The van der Waals surface area contributed by atoms with E-state index in [1.54, 1.807) is 23.5 Å². The monoisotopic (exact) mass is 466 g/mol. The standard InChI is InChI=1S/C24H24N2O2S2.CH2O/c1-4-28-23(27)21-16(2)25-24-26(22(21)18-10-12-19(29-3)13-11-18)15-20(30-24)14-17-8-6-5-7-9-17;1-2/h5-14,22H,4,15H2,1-3H3;1H2/b20-14-;. The van der Waals surface area contributed by atoms with E-state index in [2.05, 4.69) is 53.6 Å². The van der Waals surface area contributed by atoms with E-state index in [4.69, 9.17) is 14.5 Å². The molecule has 1 atom stereocenters. The molecule has 32 heavy (non-hydrogen) atoms.